The molecule has 0 N–H and O–H groups in total. The molecule has 0 bridgehead atoms. The second-order valence-corrected chi connectivity index (χ2v) is 5.61. The summed E-state index contributed by atoms with van der Waals surface area (Å²) < 4.78 is 9.67. The van der Waals surface area contributed by atoms with Crippen LogP contribution in [0.3, 0.4) is 0 Å². The molecule has 0 aliphatic heterocycles. The van der Waals surface area contributed by atoms with Gasteiger partial charge in [0.15, 0.2) is 0 Å². The first kappa shape index (κ1) is 19.4. The summed E-state index contributed by atoms with van der Waals surface area (Å²) in [6, 6.07) is 10.2. The van der Waals surface area contributed by atoms with Gasteiger partial charge in [0, 0.05) is 35.4 Å². The van der Waals surface area contributed by atoms with E-state index in [9.17, 15) is 25.0 Å². The average Bonchev–Trinajstić information content (AvgIpc) is 2.61. The number of carbonyl (C=O) groups excluding carboxylic acids is 1. The SMILES string of the molecule is O=C(OC(Cl)c1ccc([N+](=O)[O-])cc1)OC(Cl)c1ccc([N+](=O)[O-])cc1. The Bertz CT molecular complexity index is 744. The van der Waals surface area contributed by atoms with Crippen LogP contribution in [-0.4, -0.2) is 16.0 Å². The van der Waals surface area contributed by atoms with Crippen molar-refractivity contribution in [2.24, 2.45) is 0 Å². The van der Waals surface area contributed by atoms with Crippen LogP contribution in [0.25, 0.3) is 0 Å². The molecule has 2 rings (SSSR count). The van der Waals surface area contributed by atoms with Crippen LogP contribution in [-0.2, 0) is 9.47 Å². The number of benzene rings is 2. The van der Waals surface area contributed by atoms with Crippen LogP contribution in [0, 0.1) is 20.2 Å². The number of nitrogens with zero attached hydrogens (tertiary/aromatic N) is 2. The van der Waals surface area contributed by atoms with Crippen LogP contribution in [0.2, 0.25) is 0 Å². The summed E-state index contributed by atoms with van der Waals surface area (Å²) in [5.41, 5.74) is -2.17. The first-order valence-corrected chi connectivity index (χ1v) is 7.79. The third kappa shape index (κ3) is 5.04. The highest BCUT2D eigenvalue weighted by Crippen LogP contribution is 2.28. The van der Waals surface area contributed by atoms with Crippen molar-refractivity contribution < 1.29 is 24.1 Å². The molecule has 0 saturated heterocycles. The lowest BCUT2D eigenvalue weighted by Crippen LogP contribution is -2.11. The number of nitro benzene ring substituents is 2. The van der Waals surface area contributed by atoms with Crippen LogP contribution in [0.1, 0.15) is 22.3 Å². The fraction of sp³-hybridized carbons (Fsp3) is 0.133. The van der Waals surface area contributed by atoms with Crippen LogP contribution in [0.4, 0.5) is 16.2 Å². The number of hydrogen-bond donors (Lipinski definition) is 0. The highest BCUT2D eigenvalue weighted by Gasteiger charge is 2.20. The lowest BCUT2D eigenvalue weighted by atomic mass is 10.2. The van der Waals surface area contributed by atoms with Gasteiger partial charge in [-0.2, -0.15) is 0 Å². The van der Waals surface area contributed by atoms with E-state index in [-0.39, 0.29) is 11.4 Å². The Morgan fingerprint density at radius 1 is 0.769 bits per heavy atom. The fourth-order valence-electron chi connectivity index (χ4n) is 1.83. The summed E-state index contributed by atoms with van der Waals surface area (Å²) >= 11 is 11.8. The average molecular weight is 401 g/mol. The minimum Gasteiger partial charge on any atom is -0.410 e. The number of non-ortho nitro benzene ring substituents is 2. The zero-order valence-corrected chi connectivity index (χ0v) is 14.3. The van der Waals surface area contributed by atoms with Crippen LogP contribution >= 0.6 is 23.2 Å². The first-order valence-electron chi connectivity index (χ1n) is 6.92. The van der Waals surface area contributed by atoms with E-state index >= 15 is 0 Å². The van der Waals surface area contributed by atoms with E-state index in [4.69, 9.17) is 32.7 Å². The van der Waals surface area contributed by atoms with Crippen LogP contribution in [0.15, 0.2) is 48.5 Å². The molecule has 2 aromatic carbocycles. The Morgan fingerprint density at radius 3 is 1.35 bits per heavy atom. The Kier molecular flexibility index (Phi) is 6.31. The van der Waals surface area contributed by atoms with Crippen molar-refractivity contribution >= 4 is 40.7 Å². The third-order valence-electron chi connectivity index (χ3n) is 3.13. The third-order valence-corrected chi connectivity index (χ3v) is 3.81. The van der Waals surface area contributed by atoms with Gasteiger partial charge in [-0.15, -0.1) is 0 Å². The molecule has 2 unspecified atom stereocenters. The molecule has 0 saturated carbocycles. The molecule has 11 heteroatoms. The number of alkyl halides is 2. The van der Waals surface area contributed by atoms with Crippen LogP contribution < -0.4 is 0 Å². The normalized spacial score (nSPS) is 12.7. The summed E-state index contributed by atoms with van der Waals surface area (Å²) in [6.07, 6.45) is -1.18. The van der Waals surface area contributed by atoms with Gasteiger partial charge >= 0.3 is 6.16 Å². The van der Waals surface area contributed by atoms with E-state index in [1.54, 1.807) is 0 Å². The van der Waals surface area contributed by atoms with Gasteiger partial charge in [0.05, 0.1) is 9.85 Å². The van der Waals surface area contributed by atoms with Gasteiger partial charge in [-0.3, -0.25) is 20.2 Å². The summed E-state index contributed by atoms with van der Waals surface area (Å²) in [4.78, 5) is 31.8. The number of hydrogen-bond acceptors (Lipinski definition) is 7. The van der Waals surface area contributed by atoms with Crippen molar-refractivity contribution in [3.8, 4) is 0 Å². The smallest absolute Gasteiger partial charge is 0.410 e. The Hall–Kier alpha value is -2.91. The standard InChI is InChI=1S/C15H10Cl2N2O7/c16-13(9-1-5-11(6-2-9)18(21)22)25-15(20)26-14(17)10-3-7-12(8-4-10)19(23)24/h1-8,13-14H. The summed E-state index contributed by atoms with van der Waals surface area (Å²) in [5, 5.41) is 21.2. The second kappa shape index (κ2) is 8.45. The molecule has 0 aliphatic carbocycles. The minimum atomic E-state index is -1.25. The Balaban J connectivity index is 1.94. The van der Waals surface area contributed by atoms with Crippen molar-refractivity contribution in [3.05, 3.63) is 79.9 Å². The maximum atomic E-state index is 11.7. The van der Waals surface area contributed by atoms with E-state index in [0.29, 0.717) is 11.1 Å². The van der Waals surface area contributed by atoms with Gasteiger partial charge < -0.3 is 9.47 Å². The zero-order chi connectivity index (χ0) is 19.3. The molecular formula is C15H10Cl2N2O7. The van der Waals surface area contributed by atoms with E-state index in [2.05, 4.69) is 0 Å². The monoisotopic (exact) mass is 400 g/mol. The topological polar surface area (TPSA) is 122 Å². The molecule has 9 nitrogen and oxygen atoms in total. The van der Waals surface area contributed by atoms with Gasteiger partial charge in [0.2, 0.25) is 11.1 Å². The summed E-state index contributed by atoms with van der Waals surface area (Å²) in [7, 11) is 0. The van der Waals surface area contributed by atoms with Crippen molar-refractivity contribution in [1.82, 2.24) is 0 Å². The highest BCUT2D eigenvalue weighted by molar-refractivity contribution is 6.21. The second-order valence-electron chi connectivity index (χ2n) is 4.82. The van der Waals surface area contributed by atoms with Gasteiger partial charge in [0.25, 0.3) is 11.4 Å². The number of ether oxygens (including phenoxy) is 2. The van der Waals surface area contributed by atoms with Gasteiger partial charge in [-0.1, -0.05) is 23.2 Å². The highest BCUT2D eigenvalue weighted by atomic mass is 35.5. The van der Waals surface area contributed by atoms with E-state index in [1.807, 2.05) is 0 Å². The summed E-state index contributed by atoms with van der Waals surface area (Å²) in [6.45, 7) is 0. The zero-order valence-electron chi connectivity index (χ0n) is 12.8. The number of rotatable bonds is 6. The van der Waals surface area contributed by atoms with Gasteiger partial charge in [-0.05, 0) is 24.3 Å². The van der Waals surface area contributed by atoms with Crippen molar-refractivity contribution in [2.75, 3.05) is 0 Å². The van der Waals surface area contributed by atoms with Gasteiger partial charge in [0.1, 0.15) is 0 Å². The number of carbonyl (C=O) groups is 1. The molecule has 0 amide bonds. The van der Waals surface area contributed by atoms with E-state index in [0.717, 1.165) is 0 Å². The van der Waals surface area contributed by atoms with Crippen molar-refractivity contribution in [3.63, 3.8) is 0 Å². The molecule has 2 aromatic rings. The predicted molar refractivity (Wildman–Crippen MR) is 90.9 cm³/mol. The molecule has 0 heterocycles. The van der Waals surface area contributed by atoms with Crippen LogP contribution in [0.5, 0.6) is 0 Å². The van der Waals surface area contributed by atoms with E-state index < -0.39 is 27.1 Å². The molecule has 0 radical (unpaired) electrons. The Labute approximate surface area is 156 Å². The minimum absolute atomic E-state index is 0.140. The maximum Gasteiger partial charge on any atom is 0.511 e. The number of halogens is 2. The molecule has 0 fully saturated rings. The maximum absolute atomic E-state index is 11.7. The molecule has 0 spiro atoms. The first-order chi connectivity index (χ1) is 12.3. The molecule has 2 atom stereocenters. The Morgan fingerprint density at radius 2 is 1.08 bits per heavy atom. The number of nitro groups is 2. The molecule has 0 aromatic heterocycles. The van der Waals surface area contributed by atoms with Crippen molar-refractivity contribution in [1.29, 1.82) is 0 Å². The van der Waals surface area contributed by atoms with Gasteiger partial charge in [-0.25, -0.2) is 4.79 Å². The quantitative estimate of drug-likeness (QED) is 0.294. The predicted octanol–water partition coefficient (Wildman–Crippen LogP) is 4.83. The summed E-state index contributed by atoms with van der Waals surface area (Å²) in [5.74, 6) is 0. The molecular weight excluding hydrogens is 391 g/mol. The lowest BCUT2D eigenvalue weighted by Gasteiger charge is -2.14. The largest absolute Gasteiger partial charge is 0.511 e. The molecule has 136 valence electrons. The van der Waals surface area contributed by atoms with Crippen molar-refractivity contribution in [2.45, 2.75) is 11.1 Å². The molecule has 26 heavy (non-hydrogen) atoms. The fourth-order valence-corrected chi connectivity index (χ4v) is 2.26. The lowest BCUT2D eigenvalue weighted by molar-refractivity contribution is -0.385. The van der Waals surface area contributed by atoms with E-state index in [1.165, 1.54) is 48.5 Å². The molecule has 0 aliphatic rings.